The first-order valence-electron chi connectivity index (χ1n) is 12.9. The van der Waals surface area contributed by atoms with Crippen molar-refractivity contribution < 1.29 is 28.6 Å². The van der Waals surface area contributed by atoms with E-state index in [1.54, 1.807) is 26.8 Å². The first kappa shape index (κ1) is 26.9. The van der Waals surface area contributed by atoms with Crippen LogP contribution in [-0.2, 0) is 17.6 Å². The van der Waals surface area contributed by atoms with Gasteiger partial charge >= 0.3 is 12.1 Å². The molecule has 0 radical (unpaired) electrons. The van der Waals surface area contributed by atoms with Gasteiger partial charge in [-0.2, -0.15) is 9.78 Å². The number of alkyl carbamates (subject to hydrolysis) is 1. The highest BCUT2D eigenvalue weighted by Gasteiger charge is 2.35. The van der Waals surface area contributed by atoms with E-state index in [1.165, 1.54) is 16.8 Å². The number of nitrogens with one attached hydrogen (secondary N) is 1. The van der Waals surface area contributed by atoms with E-state index in [9.17, 15) is 19.5 Å². The number of carboxylic acid groups (broad SMARTS) is 1. The third kappa shape index (κ3) is 5.54. The second-order valence-corrected chi connectivity index (χ2v) is 11.5. The van der Waals surface area contributed by atoms with E-state index in [1.807, 2.05) is 12.1 Å². The third-order valence-electron chi connectivity index (χ3n) is 6.93. The van der Waals surface area contributed by atoms with E-state index >= 15 is 4.39 Å². The summed E-state index contributed by atoms with van der Waals surface area (Å²) in [6.45, 7) is 5.32. The van der Waals surface area contributed by atoms with Crippen LogP contribution in [0.1, 0.15) is 83.5 Å². The number of aromatic nitrogens is 2. The number of carboxylic acids is 1. The minimum absolute atomic E-state index is 0.0999. The Balaban J connectivity index is 1.58. The first-order chi connectivity index (χ1) is 18.4. The van der Waals surface area contributed by atoms with Gasteiger partial charge in [-0.3, -0.25) is 4.79 Å². The Bertz CT molecular complexity index is 1490. The van der Waals surface area contributed by atoms with Crippen LogP contribution in [0, 0.1) is 5.82 Å². The van der Waals surface area contributed by atoms with Gasteiger partial charge in [-0.25, -0.2) is 14.0 Å². The summed E-state index contributed by atoms with van der Waals surface area (Å²) in [5.74, 6) is -2.17. The molecule has 0 saturated heterocycles. The zero-order valence-electron chi connectivity index (χ0n) is 21.9. The minimum Gasteiger partial charge on any atom is -0.478 e. The number of nitrogens with zero attached hydrogens (tertiary/aromatic N) is 2. The number of fused-ring (bicyclic) bond motifs is 1. The number of rotatable bonds is 5. The van der Waals surface area contributed by atoms with Crippen molar-refractivity contribution in [3.8, 4) is 11.3 Å². The van der Waals surface area contributed by atoms with Gasteiger partial charge in [0.05, 0.1) is 27.5 Å². The molecule has 1 amide bonds. The van der Waals surface area contributed by atoms with Gasteiger partial charge in [0.1, 0.15) is 11.4 Å². The molecule has 2 aliphatic carbocycles. The van der Waals surface area contributed by atoms with Gasteiger partial charge in [-0.1, -0.05) is 23.7 Å². The third-order valence-corrected chi connectivity index (χ3v) is 7.25. The fourth-order valence-electron chi connectivity index (χ4n) is 5.04. The molecular weight excluding hydrogens is 525 g/mol. The monoisotopic (exact) mass is 553 g/mol. The molecule has 2 aliphatic rings. The van der Waals surface area contributed by atoms with Crippen molar-refractivity contribution in [2.45, 2.75) is 70.4 Å². The average molecular weight is 554 g/mol. The predicted molar refractivity (Wildman–Crippen MR) is 143 cm³/mol. The number of ether oxygens (including phenoxy) is 1. The van der Waals surface area contributed by atoms with Crippen LogP contribution < -0.4 is 5.32 Å². The maximum absolute atomic E-state index is 15.2. The van der Waals surface area contributed by atoms with E-state index < -0.39 is 29.4 Å². The van der Waals surface area contributed by atoms with Crippen LogP contribution in [0.4, 0.5) is 9.18 Å². The van der Waals surface area contributed by atoms with Crippen LogP contribution >= 0.6 is 11.6 Å². The Hall–Kier alpha value is -3.72. The molecule has 1 heterocycles. The molecule has 2 N–H and O–H groups in total. The van der Waals surface area contributed by atoms with E-state index in [0.29, 0.717) is 34.7 Å². The Morgan fingerprint density at radius 3 is 2.54 bits per heavy atom. The fraction of sp³-hybridized carbons (Fsp3) is 0.379. The molecule has 1 saturated carbocycles. The van der Waals surface area contributed by atoms with Crippen LogP contribution in [0.3, 0.4) is 0 Å². The molecule has 5 rings (SSSR count). The molecule has 204 valence electrons. The average Bonchev–Trinajstić information content (AvgIpc) is 3.63. The maximum Gasteiger partial charge on any atom is 0.407 e. The summed E-state index contributed by atoms with van der Waals surface area (Å²) in [4.78, 5) is 37.8. The lowest BCUT2D eigenvalue weighted by Crippen LogP contribution is -2.42. The van der Waals surface area contributed by atoms with Crippen LogP contribution in [0.15, 0.2) is 36.4 Å². The molecule has 0 bridgehead atoms. The topological polar surface area (TPSA) is 111 Å². The zero-order valence-corrected chi connectivity index (χ0v) is 22.6. The number of carbonyl (C=O) groups excluding carboxylic acids is 2. The van der Waals surface area contributed by atoms with Crippen LogP contribution in [0.5, 0.6) is 0 Å². The highest BCUT2D eigenvalue weighted by molar-refractivity contribution is 6.34. The molecule has 0 aliphatic heterocycles. The summed E-state index contributed by atoms with van der Waals surface area (Å²) >= 11 is 6.53. The summed E-state index contributed by atoms with van der Waals surface area (Å²) in [6.07, 6.45) is 2.57. The van der Waals surface area contributed by atoms with Crippen molar-refractivity contribution in [3.05, 3.63) is 75.2 Å². The summed E-state index contributed by atoms with van der Waals surface area (Å²) < 4.78 is 21.8. The minimum atomic E-state index is -1.24. The SMILES string of the molecule is CC(C)(C)OC(=O)NC1CCc2c(-c3ccc(C(=O)O)cc3F)nn(C(=O)c3c(Cl)cccc3C3CC3)c2C1. The molecule has 2 aromatic carbocycles. The maximum atomic E-state index is 15.2. The second kappa shape index (κ2) is 10.1. The highest BCUT2D eigenvalue weighted by atomic mass is 35.5. The lowest BCUT2D eigenvalue weighted by Gasteiger charge is -2.26. The van der Waals surface area contributed by atoms with Crippen LogP contribution in [-0.4, -0.2) is 44.5 Å². The van der Waals surface area contributed by atoms with Gasteiger partial charge < -0.3 is 15.2 Å². The van der Waals surface area contributed by atoms with Crippen molar-refractivity contribution in [1.82, 2.24) is 15.1 Å². The van der Waals surface area contributed by atoms with Gasteiger partial charge in [0.2, 0.25) is 0 Å². The number of aromatic carboxylic acids is 1. The Morgan fingerprint density at radius 1 is 1.15 bits per heavy atom. The van der Waals surface area contributed by atoms with Crippen LogP contribution in [0.2, 0.25) is 5.02 Å². The first-order valence-corrected chi connectivity index (χ1v) is 13.3. The molecule has 39 heavy (non-hydrogen) atoms. The molecule has 3 aromatic rings. The summed E-state index contributed by atoms with van der Waals surface area (Å²) in [6, 6.07) is 8.66. The van der Waals surface area contributed by atoms with Gasteiger partial charge in [0.15, 0.2) is 0 Å². The zero-order chi connectivity index (χ0) is 28.1. The highest BCUT2D eigenvalue weighted by Crippen LogP contribution is 2.44. The van der Waals surface area contributed by atoms with E-state index in [0.717, 1.165) is 24.5 Å². The van der Waals surface area contributed by atoms with E-state index in [-0.39, 0.29) is 35.2 Å². The smallest absolute Gasteiger partial charge is 0.407 e. The number of benzene rings is 2. The van der Waals surface area contributed by atoms with E-state index in [4.69, 9.17) is 16.3 Å². The van der Waals surface area contributed by atoms with Gasteiger partial charge in [0.25, 0.3) is 5.91 Å². The second-order valence-electron chi connectivity index (χ2n) is 11.1. The Kier molecular flexibility index (Phi) is 6.97. The lowest BCUT2D eigenvalue weighted by molar-refractivity contribution is 0.0499. The van der Waals surface area contributed by atoms with Crippen molar-refractivity contribution in [1.29, 1.82) is 0 Å². The molecule has 8 nitrogen and oxygen atoms in total. The molecular formula is C29H29ClFN3O5. The lowest BCUT2D eigenvalue weighted by atomic mass is 9.89. The number of carbonyl (C=O) groups is 3. The summed E-state index contributed by atoms with van der Waals surface area (Å²) in [5.41, 5.74) is 1.95. The number of halogens is 2. The number of hydrogen-bond acceptors (Lipinski definition) is 5. The fourth-order valence-corrected chi connectivity index (χ4v) is 5.30. The largest absolute Gasteiger partial charge is 0.478 e. The number of hydrogen-bond donors (Lipinski definition) is 2. The number of amides is 1. The predicted octanol–water partition coefficient (Wildman–Crippen LogP) is 5.99. The Morgan fingerprint density at radius 2 is 1.90 bits per heavy atom. The molecule has 1 aromatic heterocycles. The quantitative estimate of drug-likeness (QED) is 0.401. The molecule has 1 atom stereocenters. The molecule has 10 heteroatoms. The van der Waals surface area contributed by atoms with Crippen LogP contribution in [0.25, 0.3) is 11.3 Å². The van der Waals surface area contributed by atoms with Gasteiger partial charge in [-0.15, -0.1) is 0 Å². The molecule has 0 spiro atoms. The Labute approximate surface area is 230 Å². The van der Waals surface area contributed by atoms with Gasteiger partial charge in [-0.05, 0) is 82.2 Å². The van der Waals surface area contributed by atoms with Crippen molar-refractivity contribution in [3.63, 3.8) is 0 Å². The van der Waals surface area contributed by atoms with Crippen molar-refractivity contribution in [2.24, 2.45) is 0 Å². The normalized spacial score (nSPS) is 16.9. The van der Waals surface area contributed by atoms with Crippen molar-refractivity contribution >= 4 is 29.6 Å². The standard InChI is InChI=1S/C29H29ClFN3O5/c1-29(2,3)39-28(38)32-17-10-12-20-23(14-17)34(26(35)24-18(15-7-8-15)5-4-6-21(24)30)33-25(20)19-11-9-16(27(36)37)13-22(19)31/h4-6,9,11,13,15,17H,7-8,10,12,14H2,1-3H3,(H,32,38)(H,36,37). The molecule has 1 unspecified atom stereocenters. The summed E-state index contributed by atoms with van der Waals surface area (Å²) in [5, 5.41) is 17.0. The summed E-state index contributed by atoms with van der Waals surface area (Å²) in [7, 11) is 0. The van der Waals surface area contributed by atoms with Gasteiger partial charge in [0, 0.05) is 23.6 Å². The van der Waals surface area contributed by atoms with Crippen molar-refractivity contribution in [2.75, 3.05) is 0 Å². The van der Waals surface area contributed by atoms with E-state index in [2.05, 4.69) is 10.4 Å². The molecule has 1 fully saturated rings.